The molecule has 0 aliphatic carbocycles. The molecule has 2 nitrogen and oxygen atoms in total. The third kappa shape index (κ3) is 1.90. The molecule has 0 aliphatic rings. The summed E-state index contributed by atoms with van der Waals surface area (Å²) < 4.78 is 0. The zero-order valence-electron chi connectivity index (χ0n) is 9.59. The molecule has 0 spiro atoms. The van der Waals surface area contributed by atoms with Crippen LogP contribution in [0, 0.1) is 13.8 Å². The fourth-order valence-corrected chi connectivity index (χ4v) is 2.02. The normalized spacial score (nSPS) is 13.3. The van der Waals surface area contributed by atoms with Crippen LogP contribution in [0.2, 0.25) is 0 Å². The number of fused-ring (bicyclic) bond motifs is 1. The second kappa shape index (κ2) is 3.70. The van der Waals surface area contributed by atoms with Crippen LogP contribution in [0.1, 0.15) is 23.7 Å². The van der Waals surface area contributed by atoms with Crippen LogP contribution in [0.15, 0.2) is 18.2 Å². The van der Waals surface area contributed by atoms with Crippen LogP contribution in [0.4, 0.5) is 0 Å². The first-order valence-electron chi connectivity index (χ1n) is 5.41. The van der Waals surface area contributed by atoms with Crippen molar-refractivity contribution in [3.05, 3.63) is 35.0 Å². The summed E-state index contributed by atoms with van der Waals surface area (Å²) >= 11 is 0. The van der Waals surface area contributed by atoms with Crippen LogP contribution in [0.25, 0.3) is 10.9 Å². The van der Waals surface area contributed by atoms with Gasteiger partial charge in [-0.2, -0.15) is 0 Å². The molecule has 0 fully saturated rings. The lowest BCUT2D eigenvalue weighted by atomic mass is 10.0. The molecule has 1 unspecified atom stereocenters. The monoisotopic (exact) mass is 202 g/mol. The van der Waals surface area contributed by atoms with E-state index in [4.69, 9.17) is 5.73 Å². The van der Waals surface area contributed by atoms with Crippen LogP contribution in [-0.4, -0.2) is 11.0 Å². The van der Waals surface area contributed by atoms with Gasteiger partial charge in [0.05, 0.1) is 0 Å². The molecule has 15 heavy (non-hydrogen) atoms. The molecule has 0 aliphatic heterocycles. The zero-order chi connectivity index (χ0) is 11.0. The van der Waals surface area contributed by atoms with E-state index in [-0.39, 0.29) is 6.04 Å². The zero-order valence-corrected chi connectivity index (χ0v) is 9.59. The van der Waals surface area contributed by atoms with Crippen molar-refractivity contribution in [2.24, 2.45) is 5.73 Å². The smallest absolute Gasteiger partial charge is 0.0461 e. The van der Waals surface area contributed by atoms with Crippen LogP contribution in [0.3, 0.4) is 0 Å². The number of aromatic amines is 1. The molecule has 1 aromatic carbocycles. The first kappa shape index (κ1) is 10.2. The van der Waals surface area contributed by atoms with Crippen molar-refractivity contribution in [1.29, 1.82) is 0 Å². The summed E-state index contributed by atoms with van der Waals surface area (Å²) in [6.07, 6.45) is 0.938. The minimum Gasteiger partial charge on any atom is -0.358 e. The van der Waals surface area contributed by atoms with Gasteiger partial charge in [-0.05, 0) is 44.4 Å². The highest BCUT2D eigenvalue weighted by Crippen LogP contribution is 2.22. The van der Waals surface area contributed by atoms with Gasteiger partial charge in [0.15, 0.2) is 0 Å². The Balaban J connectivity index is 2.47. The lowest BCUT2D eigenvalue weighted by Crippen LogP contribution is -2.17. The summed E-state index contributed by atoms with van der Waals surface area (Å²) in [4.78, 5) is 3.40. The Labute approximate surface area is 90.5 Å². The van der Waals surface area contributed by atoms with Gasteiger partial charge in [0.25, 0.3) is 0 Å². The fourth-order valence-electron chi connectivity index (χ4n) is 2.02. The van der Waals surface area contributed by atoms with Gasteiger partial charge < -0.3 is 10.7 Å². The van der Waals surface area contributed by atoms with Crippen LogP contribution < -0.4 is 5.73 Å². The minimum absolute atomic E-state index is 0.222. The lowest BCUT2D eigenvalue weighted by Gasteiger charge is -2.04. The van der Waals surface area contributed by atoms with E-state index in [2.05, 4.69) is 37.0 Å². The molecule has 0 bridgehead atoms. The van der Waals surface area contributed by atoms with Crippen molar-refractivity contribution in [3.63, 3.8) is 0 Å². The molecular formula is C13H18N2. The molecule has 0 saturated heterocycles. The second-order valence-electron chi connectivity index (χ2n) is 4.44. The van der Waals surface area contributed by atoms with E-state index in [1.54, 1.807) is 0 Å². The molecule has 0 radical (unpaired) electrons. The Morgan fingerprint density at radius 1 is 1.33 bits per heavy atom. The quantitative estimate of drug-likeness (QED) is 0.772. The Morgan fingerprint density at radius 3 is 2.73 bits per heavy atom. The molecule has 2 aromatic rings. The Bertz CT molecular complexity index is 480. The maximum atomic E-state index is 5.79. The van der Waals surface area contributed by atoms with E-state index in [1.165, 1.54) is 27.7 Å². The molecule has 2 rings (SSSR count). The van der Waals surface area contributed by atoms with Gasteiger partial charge in [0.1, 0.15) is 0 Å². The highest BCUT2D eigenvalue weighted by molar-refractivity contribution is 5.84. The standard InChI is InChI=1S/C13H18N2/c1-8(14)6-11-4-5-12-9(2)10(3)15-13(12)7-11/h4-5,7-8,15H,6,14H2,1-3H3. The largest absolute Gasteiger partial charge is 0.358 e. The van der Waals surface area contributed by atoms with Gasteiger partial charge in [0, 0.05) is 22.6 Å². The van der Waals surface area contributed by atoms with Gasteiger partial charge >= 0.3 is 0 Å². The van der Waals surface area contributed by atoms with E-state index in [9.17, 15) is 0 Å². The van der Waals surface area contributed by atoms with E-state index in [0.717, 1.165) is 6.42 Å². The van der Waals surface area contributed by atoms with E-state index in [1.807, 2.05) is 6.92 Å². The maximum Gasteiger partial charge on any atom is 0.0461 e. The minimum atomic E-state index is 0.222. The Morgan fingerprint density at radius 2 is 2.07 bits per heavy atom. The Kier molecular flexibility index (Phi) is 2.53. The number of hydrogen-bond donors (Lipinski definition) is 2. The predicted molar refractivity (Wildman–Crippen MR) is 65.1 cm³/mol. The second-order valence-corrected chi connectivity index (χ2v) is 4.44. The van der Waals surface area contributed by atoms with Crippen molar-refractivity contribution in [2.75, 3.05) is 0 Å². The van der Waals surface area contributed by atoms with Crippen molar-refractivity contribution < 1.29 is 0 Å². The van der Waals surface area contributed by atoms with Gasteiger partial charge in [-0.3, -0.25) is 0 Å². The van der Waals surface area contributed by atoms with Crippen LogP contribution >= 0.6 is 0 Å². The van der Waals surface area contributed by atoms with Crippen LogP contribution in [0.5, 0.6) is 0 Å². The molecule has 3 N–H and O–H groups in total. The highest BCUT2D eigenvalue weighted by Gasteiger charge is 2.05. The van der Waals surface area contributed by atoms with Gasteiger partial charge in [-0.25, -0.2) is 0 Å². The highest BCUT2D eigenvalue weighted by atomic mass is 14.7. The summed E-state index contributed by atoms with van der Waals surface area (Å²) in [7, 11) is 0. The molecular weight excluding hydrogens is 184 g/mol. The average Bonchev–Trinajstić information content (AvgIpc) is 2.41. The molecule has 1 heterocycles. The van der Waals surface area contributed by atoms with E-state index in [0.29, 0.717) is 0 Å². The first-order valence-corrected chi connectivity index (χ1v) is 5.41. The van der Waals surface area contributed by atoms with Crippen LogP contribution in [-0.2, 0) is 6.42 Å². The molecule has 0 saturated carbocycles. The summed E-state index contributed by atoms with van der Waals surface area (Å²) in [5, 5.41) is 1.32. The van der Waals surface area contributed by atoms with E-state index >= 15 is 0 Å². The number of nitrogens with one attached hydrogen (secondary N) is 1. The predicted octanol–water partition coefficient (Wildman–Crippen LogP) is 2.67. The first-order chi connectivity index (χ1) is 7.08. The van der Waals surface area contributed by atoms with Gasteiger partial charge in [-0.1, -0.05) is 12.1 Å². The summed E-state index contributed by atoms with van der Waals surface area (Å²) in [5.74, 6) is 0. The third-order valence-electron chi connectivity index (χ3n) is 2.93. The van der Waals surface area contributed by atoms with Crippen molar-refractivity contribution in [3.8, 4) is 0 Å². The summed E-state index contributed by atoms with van der Waals surface area (Å²) in [5.41, 5.74) is 10.9. The van der Waals surface area contributed by atoms with Crippen molar-refractivity contribution in [2.45, 2.75) is 33.2 Å². The average molecular weight is 202 g/mol. The summed E-state index contributed by atoms with van der Waals surface area (Å²) in [6, 6.07) is 6.79. The van der Waals surface area contributed by atoms with Gasteiger partial charge in [-0.15, -0.1) is 0 Å². The lowest BCUT2D eigenvalue weighted by molar-refractivity contribution is 0.739. The SMILES string of the molecule is Cc1[nH]c2cc(CC(C)N)ccc2c1C. The number of rotatable bonds is 2. The number of benzene rings is 1. The number of aryl methyl sites for hydroxylation is 2. The number of H-pyrrole nitrogens is 1. The molecule has 80 valence electrons. The molecule has 0 amide bonds. The molecule has 2 heteroatoms. The topological polar surface area (TPSA) is 41.8 Å². The van der Waals surface area contributed by atoms with Crippen molar-refractivity contribution in [1.82, 2.24) is 4.98 Å². The summed E-state index contributed by atoms with van der Waals surface area (Å²) in [6.45, 7) is 6.30. The van der Waals surface area contributed by atoms with Gasteiger partial charge in [0.2, 0.25) is 0 Å². The number of aromatic nitrogens is 1. The Hall–Kier alpha value is -1.28. The van der Waals surface area contributed by atoms with E-state index < -0.39 is 0 Å². The fraction of sp³-hybridized carbons (Fsp3) is 0.385. The maximum absolute atomic E-state index is 5.79. The third-order valence-corrected chi connectivity index (χ3v) is 2.93. The number of hydrogen-bond acceptors (Lipinski definition) is 1. The molecule has 1 atom stereocenters. The van der Waals surface area contributed by atoms with Crippen molar-refractivity contribution >= 4 is 10.9 Å². The molecule has 1 aromatic heterocycles. The number of nitrogens with two attached hydrogens (primary N) is 1.